The van der Waals surface area contributed by atoms with Gasteiger partial charge in [0.25, 0.3) is 11.6 Å². The molecule has 0 saturated heterocycles. The number of carbonyl (C=O) groups is 1. The molecule has 2 aromatic rings. The lowest BCUT2D eigenvalue weighted by Crippen LogP contribution is -2.20. The number of benzene rings is 2. The number of nitro groups is 1. The summed E-state index contributed by atoms with van der Waals surface area (Å²) in [5.41, 5.74) is 1.41. The highest BCUT2D eigenvalue weighted by molar-refractivity contribution is 6.02. The fourth-order valence-electron chi connectivity index (χ4n) is 2.01. The van der Waals surface area contributed by atoms with Crippen LogP contribution >= 0.6 is 0 Å². The minimum Gasteiger partial charge on any atom is -0.462 e. The van der Waals surface area contributed by atoms with Gasteiger partial charge in [-0.3, -0.25) is 14.9 Å². The lowest BCUT2D eigenvalue weighted by molar-refractivity contribution is -0.384. The Morgan fingerprint density at radius 3 is 2.57 bits per heavy atom. The second kappa shape index (κ2) is 5.09. The first-order valence-electron chi connectivity index (χ1n) is 6.17. The van der Waals surface area contributed by atoms with E-state index in [1.807, 2.05) is 30.3 Å². The maximum absolute atomic E-state index is 12.2. The van der Waals surface area contributed by atoms with E-state index in [1.54, 1.807) is 0 Å². The third kappa shape index (κ3) is 2.46. The fraction of sp³-hybridized carbons (Fsp3) is 0. The third-order valence-corrected chi connectivity index (χ3v) is 3.06. The standard InChI is InChI=1S/C15H10N2O4/c18-15-12-7-6-11(17(19)20)8-14(12)21-9-13(16-15)10-4-2-1-3-5-10/h1-9H,(H,16,18). The molecule has 0 spiro atoms. The second-order valence-corrected chi connectivity index (χ2v) is 4.41. The molecule has 2 aromatic carbocycles. The average Bonchev–Trinajstić information content (AvgIpc) is 2.67. The fourth-order valence-corrected chi connectivity index (χ4v) is 2.01. The van der Waals surface area contributed by atoms with E-state index in [0.29, 0.717) is 5.70 Å². The molecule has 0 bridgehead atoms. The maximum atomic E-state index is 12.2. The van der Waals surface area contributed by atoms with Gasteiger partial charge < -0.3 is 10.1 Å². The molecule has 0 atom stereocenters. The van der Waals surface area contributed by atoms with Gasteiger partial charge in [-0.2, -0.15) is 0 Å². The van der Waals surface area contributed by atoms with Crippen LogP contribution in [0.2, 0.25) is 0 Å². The normalized spacial score (nSPS) is 13.3. The third-order valence-electron chi connectivity index (χ3n) is 3.06. The van der Waals surface area contributed by atoms with Crippen LogP contribution in [0.1, 0.15) is 15.9 Å². The van der Waals surface area contributed by atoms with Gasteiger partial charge in [-0.05, 0) is 6.07 Å². The Labute approximate surface area is 119 Å². The number of carbonyl (C=O) groups excluding carboxylic acids is 1. The highest BCUT2D eigenvalue weighted by Gasteiger charge is 2.21. The molecular weight excluding hydrogens is 272 g/mol. The zero-order chi connectivity index (χ0) is 14.8. The monoisotopic (exact) mass is 282 g/mol. The molecule has 0 radical (unpaired) electrons. The van der Waals surface area contributed by atoms with Crippen molar-refractivity contribution in [2.75, 3.05) is 0 Å². The molecule has 1 heterocycles. The van der Waals surface area contributed by atoms with E-state index in [1.165, 1.54) is 24.5 Å². The highest BCUT2D eigenvalue weighted by atomic mass is 16.6. The zero-order valence-corrected chi connectivity index (χ0v) is 10.8. The Morgan fingerprint density at radius 1 is 1.10 bits per heavy atom. The van der Waals surface area contributed by atoms with Gasteiger partial charge >= 0.3 is 0 Å². The smallest absolute Gasteiger partial charge is 0.273 e. The summed E-state index contributed by atoms with van der Waals surface area (Å²) in [6, 6.07) is 13.1. The number of nitrogens with zero attached hydrogens (tertiary/aromatic N) is 1. The van der Waals surface area contributed by atoms with Crippen molar-refractivity contribution in [1.29, 1.82) is 0 Å². The number of rotatable bonds is 2. The molecule has 21 heavy (non-hydrogen) atoms. The number of nitrogens with one attached hydrogen (secondary N) is 1. The SMILES string of the molecule is O=C1NC(c2ccccc2)=COc2cc([N+](=O)[O-])ccc21. The van der Waals surface area contributed by atoms with Crippen molar-refractivity contribution in [2.45, 2.75) is 0 Å². The summed E-state index contributed by atoms with van der Waals surface area (Å²) >= 11 is 0. The Hall–Kier alpha value is -3.15. The van der Waals surface area contributed by atoms with Crippen LogP contribution < -0.4 is 10.1 Å². The summed E-state index contributed by atoms with van der Waals surface area (Å²) in [7, 11) is 0. The van der Waals surface area contributed by atoms with Crippen molar-refractivity contribution in [3.8, 4) is 5.75 Å². The van der Waals surface area contributed by atoms with Crippen LogP contribution in [0.3, 0.4) is 0 Å². The van der Waals surface area contributed by atoms with Gasteiger partial charge in [0.1, 0.15) is 12.0 Å². The molecule has 0 fully saturated rings. The minimum atomic E-state index is -0.533. The molecule has 6 nitrogen and oxygen atoms in total. The molecule has 3 rings (SSSR count). The minimum absolute atomic E-state index is 0.127. The largest absolute Gasteiger partial charge is 0.462 e. The van der Waals surface area contributed by atoms with E-state index in [9.17, 15) is 14.9 Å². The number of ether oxygens (including phenoxy) is 1. The Balaban J connectivity index is 2.00. The topological polar surface area (TPSA) is 81.5 Å². The first kappa shape index (κ1) is 12.9. The molecule has 1 N–H and O–H groups in total. The summed E-state index contributed by atoms with van der Waals surface area (Å²) in [4.78, 5) is 22.4. The van der Waals surface area contributed by atoms with Gasteiger partial charge in [-0.1, -0.05) is 30.3 Å². The quantitative estimate of drug-likeness (QED) is 0.678. The lowest BCUT2D eigenvalue weighted by Gasteiger charge is -2.06. The van der Waals surface area contributed by atoms with Gasteiger partial charge in [-0.25, -0.2) is 0 Å². The highest BCUT2D eigenvalue weighted by Crippen LogP contribution is 2.28. The number of amides is 1. The molecule has 1 aliphatic heterocycles. The van der Waals surface area contributed by atoms with Gasteiger partial charge in [0, 0.05) is 11.6 Å². The van der Waals surface area contributed by atoms with Crippen molar-refractivity contribution < 1.29 is 14.5 Å². The van der Waals surface area contributed by atoms with Crippen LogP contribution in [0.4, 0.5) is 5.69 Å². The van der Waals surface area contributed by atoms with Gasteiger partial charge in [-0.15, -0.1) is 0 Å². The molecular formula is C15H10N2O4. The first-order valence-corrected chi connectivity index (χ1v) is 6.17. The van der Waals surface area contributed by atoms with E-state index in [-0.39, 0.29) is 22.9 Å². The Morgan fingerprint density at radius 2 is 1.86 bits per heavy atom. The van der Waals surface area contributed by atoms with Gasteiger partial charge in [0.15, 0.2) is 0 Å². The van der Waals surface area contributed by atoms with Crippen LogP contribution in [0, 0.1) is 10.1 Å². The first-order chi connectivity index (χ1) is 10.1. The number of nitro benzene ring substituents is 1. The lowest BCUT2D eigenvalue weighted by atomic mass is 10.1. The molecule has 0 aliphatic carbocycles. The Kier molecular flexibility index (Phi) is 3.12. The molecule has 6 heteroatoms. The van der Waals surface area contributed by atoms with Crippen LogP contribution in [-0.4, -0.2) is 10.8 Å². The number of non-ortho nitro benzene ring substituents is 1. The van der Waals surface area contributed by atoms with Gasteiger partial charge in [0.05, 0.1) is 22.3 Å². The Bertz CT molecular complexity index is 754. The van der Waals surface area contributed by atoms with Crippen LogP contribution in [0.15, 0.2) is 54.8 Å². The van der Waals surface area contributed by atoms with Crippen molar-refractivity contribution in [3.05, 3.63) is 76.0 Å². The maximum Gasteiger partial charge on any atom is 0.273 e. The molecule has 104 valence electrons. The van der Waals surface area contributed by atoms with Crippen LogP contribution in [-0.2, 0) is 0 Å². The number of hydrogen-bond acceptors (Lipinski definition) is 4. The van der Waals surface area contributed by atoms with Crippen molar-refractivity contribution in [2.24, 2.45) is 0 Å². The molecule has 1 aliphatic rings. The van der Waals surface area contributed by atoms with E-state index in [2.05, 4.69) is 5.32 Å². The van der Waals surface area contributed by atoms with E-state index in [4.69, 9.17) is 4.74 Å². The predicted octanol–water partition coefficient (Wildman–Crippen LogP) is 2.72. The van der Waals surface area contributed by atoms with Crippen molar-refractivity contribution in [3.63, 3.8) is 0 Å². The van der Waals surface area contributed by atoms with E-state index >= 15 is 0 Å². The predicted molar refractivity (Wildman–Crippen MR) is 75.6 cm³/mol. The molecule has 0 saturated carbocycles. The second-order valence-electron chi connectivity index (χ2n) is 4.41. The number of fused-ring (bicyclic) bond motifs is 1. The van der Waals surface area contributed by atoms with Crippen LogP contribution in [0.25, 0.3) is 5.70 Å². The molecule has 0 aromatic heterocycles. The summed E-state index contributed by atoms with van der Waals surface area (Å²) in [5, 5.41) is 13.5. The zero-order valence-electron chi connectivity index (χ0n) is 10.8. The summed E-state index contributed by atoms with van der Waals surface area (Å²) in [6.45, 7) is 0. The van der Waals surface area contributed by atoms with Crippen molar-refractivity contribution >= 4 is 17.3 Å². The summed E-state index contributed by atoms with van der Waals surface area (Å²) < 4.78 is 5.43. The molecule has 0 unspecified atom stereocenters. The van der Waals surface area contributed by atoms with E-state index in [0.717, 1.165) is 5.56 Å². The summed E-state index contributed by atoms with van der Waals surface area (Å²) in [6.07, 6.45) is 1.38. The van der Waals surface area contributed by atoms with Crippen LogP contribution in [0.5, 0.6) is 5.75 Å². The van der Waals surface area contributed by atoms with Gasteiger partial charge in [0.2, 0.25) is 0 Å². The van der Waals surface area contributed by atoms with Crippen molar-refractivity contribution in [1.82, 2.24) is 5.32 Å². The summed E-state index contributed by atoms with van der Waals surface area (Å²) in [5.74, 6) is -0.208. The number of hydrogen-bond donors (Lipinski definition) is 1. The van der Waals surface area contributed by atoms with E-state index < -0.39 is 4.92 Å². The molecule has 1 amide bonds. The average molecular weight is 282 g/mol.